The van der Waals surface area contributed by atoms with Crippen LogP contribution < -0.4 is 5.32 Å². The number of carbonyl (C=O) groups excluding carboxylic acids is 1. The number of carbonyl (C=O) groups is 1. The average molecular weight is 233 g/mol. The molecule has 2 unspecified atom stereocenters. The van der Waals surface area contributed by atoms with Gasteiger partial charge in [0.2, 0.25) is 5.91 Å². The summed E-state index contributed by atoms with van der Waals surface area (Å²) in [6, 6.07) is 0.283. The lowest BCUT2D eigenvalue weighted by Crippen LogP contribution is -2.37. The SMILES string of the molecule is CC(CC(=O)NC1CCCCC1)S(=O)O. The summed E-state index contributed by atoms with van der Waals surface area (Å²) in [7, 11) is 0. The molecule has 1 rings (SSSR count). The van der Waals surface area contributed by atoms with Crippen molar-refractivity contribution in [1.29, 1.82) is 0 Å². The molecule has 1 aliphatic rings. The van der Waals surface area contributed by atoms with Crippen LogP contribution >= 0.6 is 0 Å². The lowest BCUT2D eigenvalue weighted by atomic mass is 9.95. The van der Waals surface area contributed by atoms with E-state index < -0.39 is 16.3 Å². The van der Waals surface area contributed by atoms with Crippen LogP contribution in [0.2, 0.25) is 0 Å². The zero-order valence-corrected chi connectivity index (χ0v) is 9.89. The molecular weight excluding hydrogens is 214 g/mol. The molecule has 1 amide bonds. The number of amides is 1. The standard InChI is InChI=1S/C10H19NO3S/c1-8(15(13)14)7-10(12)11-9-5-3-2-4-6-9/h8-9H,2-7H2,1H3,(H,11,12)(H,13,14). The first-order valence-electron chi connectivity index (χ1n) is 5.48. The molecule has 1 aliphatic carbocycles. The molecule has 1 fully saturated rings. The molecule has 0 aromatic heterocycles. The van der Waals surface area contributed by atoms with Gasteiger partial charge in [0.1, 0.15) is 0 Å². The van der Waals surface area contributed by atoms with Gasteiger partial charge in [0.25, 0.3) is 0 Å². The Hall–Kier alpha value is -0.420. The summed E-state index contributed by atoms with van der Waals surface area (Å²) < 4.78 is 19.4. The third-order valence-electron chi connectivity index (χ3n) is 2.79. The van der Waals surface area contributed by atoms with Crippen LogP contribution in [0.3, 0.4) is 0 Å². The van der Waals surface area contributed by atoms with Crippen molar-refractivity contribution in [2.24, 2.45) is 0 Å². The molecule has 88 valence electrons. The highest BCUT2D eigenvalue weighted by Gasteiger charge is 2.18. The van der Waals surface area contributed by atoms with Crippen LogP contribution in [0.15, 0.2) is 0 Å². The lowest BCUT2D eigenvalue weighted by Gasteiger charge is -2.23. The minimum Gasteiger partial charge on any atom is -0.353 e. The van der Waals surface area contributed by atoms with E-state index in [4.69, 9.17) is 4.55 Å². The van der Waals surface area contributed by atoms with E-state index in [1.165, 1.54) is 19.3 Å². The minimum atomic E-state index is -1.90. The molecule has 0 saturated heterocycles. The Bertz CT molecular complexity index is 239. The van der Waals surface area contributed by atoms with E-state index in [2.05, 4.69) is 5.32 Å². The number of hydrogen-bond donors (Lipinski definition) is 2. The van der Waals surface area contributed by atoms with Gasteiger partial charge < -0.3 is 9.87 Å². The van der Waals surface area contributed by atoms with Crippen LogP contribution in [0.25, 0.3) is 0 Å². The predicted molar refractivity (Wildman–Crippen MR) is 59.9 cm³/mol. The fraction of sp³-hybridized carbons (Fsp3) is 0.900. The normalized spacial score (nSPS) is 22.0. The first-order valence-corrected chi connectivity index (χ1v) is 6.65. The predicted octanol–water partition coefficient (Wildman–Crippen LogP) is 1.44. The Morgan fingerprint density at radius 1 is 1.47 bits per heavy atom. The topological polar surface area (TPSA) is 66.4 Å². The Kier molecular flexibility index (Phi) is 5.25. The van der Waals surface area contributed by atoms with Gasteiger partial charge >= 0.3 is 0 Å². The van der Waals surface area contributed by atoms with Gasteiger partial charge in [-0.25, -0.2) is 4.21 Å². The minimum absolute atomic E-state index is 0.100. The highest BCUT2D eigenvalue weighted by molar-refractivity contribution is 7.79. The van der Waals surface area contributed by atoms with Gasteiger partial charge in [0.15, 0.2) is 11.1 Å². The molecule has 2 atom stereocenters. The molecular formula is C10H19NO3S. The Labute approximate surface area is 93.1 Å². The van der Waals surface area contributed by atoms with Crippen molar-refractivity contribution < 1.29 is 13.6 Å². The Morgan fingerprint density at radius 3 is 2.60 bits per heavy atom. The van der Waals surface area contributed by atoms with Crippen LogP contribution in [-0.4, -0.2) is 26.0 Å². The Morgan fingerprint density at radius 2 is 2.07 bits per heavy atom. The van der Waals surface area contributed by atoms with E-state index in [1.54, 1.807) is 6.92 Å². The molecule has 1 saturated carbocycles. The van der Waals surface area contributed by atoms with Crippen LogP contribution in [0.4, 0.5) is 0 Å². The van der Waals surface area contributed by atoms with Crippen LogP contribution in [0, 0.1) is 0 Å². The fourth-order valence-electron chi connectivity index (χ4n) is 1.87. The molecule has 4 nitrogen and oxygen atoms in total. The monoisotopic (exact) mass is 233 g/mol. The summed E-state index contributed by atoms with van der Waals surface area (Å²) in [6.07, 6.45) is 5.83. The highest BCUT2D eigenvalue weighted by atomic mass is 32.2. The lowest BCUT2D eigenvalue weighted by molar-refractivity contribution is -0.121. The summed E-state index contributed by atoms with van der Waals surface area (Å²) >= 11 is -1.90. The van der Waals surface area contributed by atoms with Crippen molar-refractivity contribution >= 4 is 17.0 Å². The van der Waals surface area contributed by atoms with Crippen molar-refractivity contribution in [3.8, 4) is 0 Å². The second-order valence-electron chi connectivity index (χ2n) is 4.19. The maximum atomic E-state index is 11.5. The third-order valence-corrected chi connectivity index (χ3v) is 3.64. The van der Waals surface area contributed by atoms with Gasteiger partial charge in [-0.15, -0.1) is 0 Å². The second-order valence-corrected chi connectivity index (χ2v) is 5.55. The summed E-state index contributed by atoms with van der Waals surface area (Å²) in [5, 5.41) is 2.44. The molecule has 0 aliphatic heterocycles. The largest absolute Gasteiger partial charge is 0.353 e. The van der Waals surface area contributed by atoms with Crippen molar-refractivity contribution in [2.75, 3.05) is 0 Å². The molecule has 0 aromatic rings. The van der Waals surface area contributed by atoms with Gasteiger partial charge in [0.05, 0.1) is 5.25 Å². The average Bonchev–Trinajstić information content (AvgIpc) is 2.18. The van der Waals surface area contributed by atoms with Crippen LogP contribution in [-0.2, 0) is 15.9 Å². The van der Waals surface area contributed by atoms with E-state index in [1.807, 2.05) is 0 Å². The molecule has 0 aromatic carbocycles. The molecule has 0 radical (unpaired) electrons. The van der Waals surface area contributed by atoms with Crippen molar-refractivity contribution in [3.63, 3.8) is 0 Å². The second kappa shape index (κ2) is 6.23. The molecule has 5 heteroatoms. The van der Waals surface area contributed by atoms with E-state index in [9.17, 15) is 9.00 Å². The fourth-order valence-corrected chi connectivity index (χ4v) is 2.16. The number of nitrogens with one attached hydrogen (secondary N) is 1. The van der Waals surface area contributed by atoms with Gasteiger partial charge in [-0.05, 0) is 19.8 Å². The van der Waals surface area contributed by atoms with Crippen LogP contribution in [0.1, 0.15) is 45.4 Å². The maximum Gasteiger partial charge on any atom is 0.221 e. The van der Waals surface area contributed by atoms with E-state index in [-0.39, 0.29) is 18.4 Å². The third kappa shape index (κ3) is 4.75. The van der Waals surface area contributed by atoms with Gasteiger partial charge in [0, 0.05) is 12.5 Å². The van der Waals surface area contributed by atoms with E-state index in [0.29, 0.717) is 0 Å². The smallest absolute Gasteiger partial charge is 0.221 e. The van der Waals surface area contributed by atoms with Crippen molar-refractivity contribution in [2.45, 2.75) is 56.7 Å². The molecule has 2 N–H and O–H groups in total. The molecule has 0 heterocycles. The Balaban J connectivity index is 2.25. The van der Waals surface area contributed by atoms with Crippen molar-refractivity contribution in [1.82, 2.24) is 5.32 Å². The van der Waals surface area contributed by atoms with Crippen LogP contribution in [0.5, 0.6) is 0 Å². The molecule has 15 heavy (non-hydrogen) atoms. The van der Waals surface area contributed by atoms with Gasteiger partial charge in [-0.2, -0.15) is 0 Å². The summed E-state index contributed by atoms with van der Waals surface area (Å²) in [6.45, 7) is 1.61. The van der Waals surface area contributed by atoms with Crippen molar-refractivity contribution in [3.05, 3.63) is 0 Å². The highest BCUT2D eigenvalue weighted by Crippen LogP contribution is 2.17. The van der Waals surface area contributed by atoms with Gasteiger partial charge in [-0.3, -0.25) is 4.79 Å². The molecule has 0 spiro atoms. The summed E-state index contributed by atoms with van der Waals surface area (Å²) in [5.74, 6) is -0.100. The zero-order chi connectivity index (χ0) is 11.3. The molecule has 0 bridgehead atoms. The summed E-state index contributed by atoms with van der Waals surface area (Å²) in [5.41, 5.74) is 0. The van der Waals surface area contributed by atoms with E-state index in [0.717, 1.165) is 12.8 Å². The first-order chi connectivity index (χ1) is 7.09. The summed E-state index contributed by atoms with van der Waals surface area (Å²) in [4.78, 5) is 11.5. The van der Waals surface area contributed by atoms with E-state index >= 15 is 0 Å². The number of rotatable bonds is 4. The quantitative estimate of drug-likeness (QED) is 0.722. The first kappa shape index (κ1) is 12.6. The van der Waals surface area contributed by atoms with Gasteiger partial charge in [-0.1, -0.05) is 19.3 Å². The number of hydrogen-bond acceptors (Lipinski definition) is 2. The maximum absolute atomic E-state index is 11.5. The zero-order valence-electron chi connectivity index (χ0n) is 9.07.